The average Bonchev–Trinajstić information content (AvgIpc) is 2.99. The van der Waals surface area contributed by atoms with Gasteiger partial charge in [0.05, 0.1) is 5.60 Å². The van der Waals surface area contributed by atoms with E-state index in [-0.39, 0.29) is 5.60 Å². The highest BCUT2D eigenvalue weighted by Crippen LogP contribution is 2.68. The van der Waals surface area contributed by atoms with Gasteiger partial charge in [0.1, 0.15) is 0 Å². The number of halogens is 1. The largest absolute Gasteiger partial charge is 0.390 e. The van der Waals surface area contributed by atoms with Gasteiger partial charge in [-0.05, 0) is 111 Å². The predicted molar refractivity (Wildman–Crippen MR) is 113 cm³/mol. The van der Waals surface area contributed by atoms with E-state index in [1.54, 1.807) is 0 Å². The van der Waals surface area contributed by atoms with E-state index < -0.39 is 0 Å². The Hall–Kier alpha value is 0.440. The molecule has 0 spiro atoms. The molecule has 0 saturated heterocycles. The van der Waals surface area contributed by atoms with Crippen LogP contribution in [0.25, 0.3) is 0 Å². The van der Waals surface area contributed by atoms with Crippen molar-refractivity contribution in [3.05, 3.63) is 0 Å². The number of rotatable bonds is 3. The van der Waals surface area contributed by atoms with E-state index in [1.165, 1.54) is 50.3 Å². The first-order chi connectivity index (χ1) is 12.3. The first-order valence-electron chi connectivity index (χ1n) is 11.6. The Balaban J connectivity index is 1.57. The maximum absolute atomic E-state index is 10.9. The summed E-state index contributed by atoms with van der Waals surface area (Å²) >= 11 is 3.78. The summed E-state index contributed by atoms with van der Waals surface area (Å²) in [5, 5.41) is 12.1. The molecule has 9 atom stereocenters. The minimum absolute atomic E-state index is 0.357. The lowest BCUT2D eigenvalue weighted by Crippen LogP contribution is -2.56. The normalized spacial score (nSPS) is 54.9. The minimum atomic E-state index is -0.357. The lowest BCUT2D eigenvalue weighted by atomic mass is 9.43. The van der Waals surface area contributed by atoms with Crippen LogP contribution in [0.5, 0.6) is 0 Å². The van der Waals surface area contributed by atoms with Crippen molar-refractivity contribution in [3.8, 4) is 0 Å². The van der Waals surface area contributed by atoms with Gasteiger partial charge >= 0.3 is 0 Å². The summed E-state index contributed by atoms with van der Waals surface area (Å²) in [4.78, 5) is 0. The van der Waals surface area contributed by atoms with Crippen molar-refractivity contribution in [2.24, 2.45) is 46.3 Å². The smallest absolute Gasteiger partial charge is 0.0648 e. The van der Waals surface area contributed by atoms with Gasteiger partial charge in [-0.25, -0.2) is 0 Å². The molecule has 0 aliphatic heterocycles. The molecule has 0 aromatic heterocycles. The Morgan fingerprint density at radius 2 is 1.69 bits per heavy atom. The fourth-order valence-electron chi connectivity index (χ4n) is 8.73. The molecule has 4 rings (SSSR count). The quantitative estimate of drug-likeness (QED) is 0.492. The van der Waals surface area contributed by atoms with E-state index in [4.69, 9.17) is 0 Å². The third-order valence-corrected chi connectivity index (χ3v) is 11.5. The molecule has 0 bridgehead atoms. The summed E-state index contributed by atoms with van der Waals surface area (Å²) in [6.07, 6.45) is 13.0. The molecule has 0 heterocycles. The van der Waals surface area contributed by atoms with Gasteiger partial charge in [-0.1, -0.05) is 43.6 Å². The fourth-order valence-corrected chi connectivity index (χ4v) is 9.18. The van der Waals surface area contributed by atoms with Crippen molar-refractivity contribution in [3.63, 3.8) is 0 Å². The molecule has 0 radical (unpaired) electrons. The number of aliphatic hydroxyl groups is 1. The summed E-state index contributed by atoms with van der Waals surface area (Å²) in [6, 6.07) is 0. The van der Waals surface area contributed by atoms with Crippen LogP contribution < -0.4 is 0 Å². The van der Waals surface area contributed by atoms with Crippen molar-refractivity contribution in [1.29, 1.82) is 0 Å². The van der Waals surface area contributed by atoms with Gasteiger partial charge in [0.15, 0.2) is 0 Å². The molecular weight excluding hydrogens is 384 g/mol. The minimum Gasteiger partial charge on any atom is -0.390 e. The molecule has 150 valence electrons. The second kappa shape index (κ2) is 6.75. The van der Waals surface area contributed by atoms with E-state index in [1.807, 2.05) is 0 Å². The van der Waals surface area contributed by atoms with Gasteiger partial charge < -0.3 is 5.11 Å². The van der Waals surface area contributed by atoms with Crippen molar-refractivity contribution in [2.45, 2.75) is 97.5 Å². The number of hydrogen-bond donors (Lipinski definition) is 1. The van der Waals surface area contributed by atoms with Crippen LogP contribution in [0, 0.1) is 46.3 Å². The zero-order valence-corrected chi connectivity index (χ0v) is 19.2. The molecule has 0 aromatic rings. The molecule has 4 fully saturated rings. The number of fused-ring (bicyclic) bond motifs is 5. The molecule has 1 nitrogen and oxygen atoms in total. The summed E-state index contributed by atoms with van der Waals surface area (Å²) in [7, 11) is 0. The summed E-state index contributed by atoms with van der Waals surface area (Å²) in [6.45, 7) is 9.95. The van der Waals surface area contributed by atoms with Crippen molar-refractivity contribution in [1.82, 2.24) is 0 Å². The first-order valence-corrected chi connectivity index (χ1v) is 12.7. The second-order valence-corrected chi connectivity index (χ2v) is 11.9. The molecule has 4 aliphatic rings. The fraction of sp³-hybridized carbons (Fsp3) is 1.00. The van der Waals surface area contributed by atoms with Gasteiger partial charge in [-0.3, -0.25) is 0 Å². The van der Waals surface area contributed by atoms with E-state index in [2.05, 4.69) is 43.6 Å². The van der Waals surface area contributed by atoms with Crippen molar-refractivity contribution < 1.29 is 5.11 Å². The van der Waals surface area contributed by atoms with Crippen LogP contribution >= 0.6 is 15.9 Å². The molecule has 0 amide bonds. The van der Waals surface area contributed by atoms with Gasteiger partial charge in [0.2, 0.25) is 0 Å². The maximum Gasteiger partial charge on any atom is 0.0648 e. The van der Waals surface area contributed by atoms with Crippen LogP contribution in [-0.2, 0) is 0 Å². The van der Waals surface area contributed by atoms with Crippen LogP contribution in [0.3, 0.4) is 0 Å². The molecule has 1 unspecified atom stereocenters. The van der Waals surface area contributed by atoms with E-state index in [0.29, 0.717) is 10.8 Å². The number of hydrogen-bond acceptors (Lipinski definition) is 1. The highest BCUT2D eigenvalue weighted by atomic mass is 79.9. The Kier molecular flexibility index (Phi) is 5.13. The summed E-state index contributed by atoms with van der Waals surface area (Å²) < 4.78 is 0. The van der Waals surface area contributed by atoms with Gasteiger partial charge in [-0.2, -0.15) is 0 Å². The molecule has 4 saturated carbocycles. The molecule has 2 heteroatoms. The van der Waals surface area contributed by atoms with E-state index in [0.717, 1.165) is 54.8 Å². The van der Waals surface area contributed by atoms with Crippen LogP contribution in [0.4, 0.5) is 0 Å². The van der Waals surface area contributed by atoms with Gasteiger partial charge in [-0.15, -0.1) is 0 Å². The molecule has 1 N–H and O–H groups in total. The standard InChI is InChI=1S/C24H41BrO/c1-5-24(26)13-12-22(3)17(14-24)6-7-18-20-9-8-19(16(2)15-25)23(20,4)11-10-21(18)22/h16-21,26H,5-15H2,1-4H3/t16?,17-,18+,19-,20+,21+,22+,23-,24-/m1/s1. The highest BCUT2D eigenvalue weighted by molar-refractivity contribution is 9.09. The molecular formula is C24H41BrO. The van der Waals surface area contributed by atoms with Crippen LogP contribution in [0.15, 0.2) is 0 Å². The SMILES string of the molecule is CC[C@@]1(O)CC[C@@]2(C)[C@H](CC[C@@H]3[C@@H]2CC[C@]2(C)[C@@H](C(C)CBr)CC[C@@H]32)C1. The third-order valence-electron chi connectivity index (χ3n) is 10.5. The Labute approximate surface area is 170 Å². The van der Waals surface area contributed by atoms with Gasteiger partial charge in [0, 0.05) is 5.33 Å². The number of alkyl halides is 1. The maximum atomic E-state index is 10.9. The predicted octanol–water partition coefficient (Wildman–Crippen LogP) is 6.82. The van der Waals surface area contributed by atoms with Crippen LogP contribution in [-0.4, -0.2) is 16.0 Å². The summed E-state index contributed by atoms with van der Waals surface area (Å²) in [5.74, 6) is 5.38. The third kappa shape index (κ3) is 2.78. The highest BCUT2D eigenvalue weighted by Gasteiger charge is 2.61. The first kappa shape index (κ1) is 19.7. The van der Waals surface area contributed by atoms with Crippen molar-refractivity contribution >= 4 is 15.9 Å². The van der Waals surface area contributed by atoms with E-state index in [9.17, 15) is 5.11 Å². The Bertz CT molecular complexity index is 534. The lowest BCUT2D eigenvalue weighted by Gasteiger charge is -2.62. The van der Waals surface area contributed by atoms with Gasteiger partial charge in [0.25, 0.3) is 0 Å². The van der Waals surface area contributed by atoms with Crippen LogP contribution in [0.1, 0.15) is 91.9 Å². The molecule has 0 aromatic carbocycles. The zero-order valence-electron chi connectivity index (χ0n) is 17.6. The Morgan fingerprint density at radius 3 is 2.38 bits per heavy atom. The second-order valence-electron chi connectivity index (χ2n) is 11.3. The van der Waals surface area contributed by atoms with Crippen molar-refractivity contribution in [2.75, 3.05) is 5.33 Å². The summed E-state index contributed by atoms with van der Waals surface area (Å²) in [5.41, 5.74) is 0.741. The zero-order chi connectivity index (χ0) is 18.7. The topological polar surface area (TPSA) is 20.2 Å². The monoisotopic (exact) mass is 424 g/mol. The van der Waals surface area contributed by atoms with Crippen LogP contribution in [0.2, 0.25) is 0 Å². The Morgan fingerprint density at radius 1 is 0.962 bits per heavy atom. The average molecular weight is 425 g/mol. The molecule has 26 heavy (non-hydrogen) atoms. The van der Waals surface area contributed by atoms with E-state index >= 15 is 0 Å². The molecule has 4 aliphatic carbocycles. The lowest BCUT2D eigenvalue weighted by molar-refractivity contribution is -0.152.